The highest BCUT2D eigenvalue weighted by molar-refractivity contribution is 6.58. The van der Waals surface area contributed by atoms with Crippen LogP contribution in [0.1, 0.15) is 10.4 Å². The van der Waals surface area contributed by atoms with Gasteiger partial charge in [-0.1, -0.05) is 6.07 Å². The van der Waals surface area contributed by atoms with E-state index < -0.39 is 12.9 Å². The first-order chi connectivity index (χ1) is 5.63. The van der Waals surface area contributed by atoms with Gasteiger partial charge in [-0.25, -0.2) is 4.39 Å². The van der Waals surface area contributed by atoms with Crippen LogP contribution in [-0.2, 0) is 0 Å². The van der Waals surface area contributed by atoms with Crippen molar-refractivity contribution >= 4 is 18.9 Å². The Morgan fingerprint density at radius 2 is 2.00 bits per heavy atom. The van der Waals surface area contributed by atoms with Crippen LogP contribution in [0.15, 0.2) is 18.2 Å². The summed E-state index contributed by atoms with van der Waals surface area (Å²) in [5, 5.41) is 17.3. The maximum atomic E-state index is 12.6. The summed E-state index contributed by atoms with van der Waals surface area (Å²) in [6.45, 7) is 0. The molecular formula is C7H6BFO3. The summed E-state index contributed by atoms with van der Waals surface area (Å²) in [5.41, 5.74) is 0.0511. The van der Waals surface area contributed by atoms with Gasteiger partial charge in [0.05, 0.1) is 0 Å². The highest BCUT2D eigenvalue weighted by Gasteiger charge is 2.12. The lowest BCUT2D eigenvalue weighted by atomic mass is 9.79. The number of halogens is 1. The minimum Gasteiger partial charge on any atom is -0.423 e. The molecule has 3 nitrogen and oxygen atoms in total. The molecule has 0 spiro atoms. The van der Waals surface area contributed by atoms with E-state index in [0.29, 0.717) is 6.29 Å². The number of aldehydes is 1. The van der Waals surface area contributed by atoms with Gasteiger partial charge in [-0.2, -0.15) is 0 Å². The van der Waals surface area contributed by atoms with Gasteiger partial charge < -0.3 is 10.0 Å². The van der Waals surface area contributed by atoms with Gasteiger partial charge >= 0.3 is 7.12 Å². The van der Waals surface area contributed by atoms with E-state index in [1.54, 1.807) is 0 Å². The molecule has 0 aliphatic carbocycles. The minimum atomic E-state index is -1.75. The zero-order chi connectivity index (χ0) is 9.14. The number of carbonyl (C=O) groups excluding carboxylic acids is 1. The molecule has 1 rings (SSSR count). The summed E-state index contributed by atoms with van der Waals surface area (Å²) in [6.07, 6.45) is 0.439. The van der Waals surface area contributed by atoms with Gasteiger partial charge in [0.25, 0.3) is 0 Å². The highest BCUT2D eigenvalue weighted by atomic mass is 19.1. The van der Waals surface area contributed by atoms with Crippen LogP contribution in [0.2, 0.25) is 0 Å². The summed E-state index contributed by atoms with van der Waals surface area (Å²) in [4.78, 5) is 10.2. The van der Waals surface area contributed by atoms with Crippen molar-refractivity contribution in [2.24, 2.45) is 0 Å². The zero-order valence-electron chi connectivity index (χ0n) is 6.07. The Morgan fingerprint density at radius 1 is 1.33 bits per heavy atom. The van der Waals surface area contributed by atoms with Gasteiger partial charge in [-0.3, -0.25) is 4.79 Å². The largest absolute Gasteiger partial charge is 0.488 e. The third-order valence-electron chi connectivity index (χ3n) is 1.38. The molecule has 1 aromatic rings. The van der Waals surface area contributed by atoms with E-state index in [1.807, 2.05) is 0 Å². The van der Waals surface area contributed by atoms with Crippen LogP contribution in [0.5, 0.6) is 0 Å². The Bertz CT molecular complexity index is 301. The van der Waals surface area contributed by atoms with Gasteiger partial charge in [0.15, 0.2) is 0 Å². The van der Waals surface area contributed by atoms with Crippen molar-refractivity contribution in [2.45, 2.75) is 0 Å². The number of rotatable bonds is 2. The molecule has 0 saturated heterocycles. The van der Waals surface area contributed by atoms with E-state index in [9.17, 15) is 9.18 Å². The number of benzene rings is 1. The fraction of sp³-hybridized carbons (Fsp3) is 0. The molecule has 0 atom stereocenters. The van der Waals surface area contributed by atoms with Crippen molar-refractivity contribution in [1.29, 1.82) is 0 Å². The lowest BCUT2D eigenvalue weighted by Crippen LogP contribution is -2.30. The minimum absolute atomic E-state index is 0.0305. The zero-order valence-corrected chi connectivity index (χ0v) is 6.07. The quantitative estimate of drug-likeness (QED) is 0.454. The molecule has 0 bridgehead atoms. The molecular weight excluding hydrogens is 162 g/mol. The summed E-state index contributed by atoms with van der Waals surface area (Å²) < 4.78 is 12.6. The number of hydrogen-bond donors (Lipinski definition) is 2. The molecule has 0 heterocycles. The fourth-order valence-electron chi connectivity index (χ4n) is 0.853. The Labute approximate surface area is 68.6 Å². The first-order valence-corrected chi connectivity index (χ1v) is 3.25. The van der Waals surface area contributed by atoms with Crippen molar-refractivity contribution in [3.05, 3.63) is 29.6 Å². The first kappa shape index (κ1) is 8.90. The normalized spacial score (nSPS) is 9.58. The molecule has 0 aliphatic heterocycles. The summed E-state index contributed by atoms with van der Waals surface area (Å²) in [7, 11) is -1.75. The predicted molar refractivity (Wildman–Crippen MR) is 41.6 cm³/mol. The van der Waals surface area contributed by atoms with Gasteiger partial charge in [-0.05, 0) is 17.6 Å². The van der Waals surface area contributed by atoms with E-state index in [0.717, 1.165) is 12.1 Å². The molecule has 0 fully saturated rings. The second-order valence-electron chi connectivity index (χ2n) is 2.31. The van der Waals surface area contributed by atoms with Crippen LogP contribution in [0.3, 0.4) is 0 Å². The Morgan fingerprint density at radius 3 is 2.50 bits per heavy atom. The van der Waals surface area contributed by atoms with E-state index in [2.05, 4.69) is 0 Å². The van der Waals surface area contributed by atoms with Crippen molar-refractivity contribution < 1.29 is 19.2 Å². The van der Waals surface area contributed by atoms with Gasteiger partial charge in [0, 0.05) is 5.56 Å². The predicted octanol–water partition coefficient (Wildman–Crippen LogP) is -0.682. The molecule has 5 heteroatoms. The molecule has 62 valence electrons. The summed E-state index contributed by atoms with van der Waals surface area (Å²) in [5.74, 6) is -0.664. The molecule has 0 unspecified atom stereocenters. The Balaban J connectivity index is 3.14. The second kappa shape index (κ2) is 3.47. The highest BCUT2D eigenvalue weighted by Crippen LogP contribution is 1.99. The van der Waals surface area contributed by atoms with Crippen LogP contribution < -0.4 is 5.46 Å². The SMILES string of the molecule is O=Cc1cc(F)cc(B(O)O)c1. The van der Waals surface area contributed by atoms with E-state index >= 15 is 0 Å². The molecule has 0 aromatic heterocycles. The Hall–Kier alpha value is -1.20. The summed E-state index contributed by atoms with van der Waals surface area (Å²) >= 11 is 0. The van der Waals surface area contributed by atoms with Crippen LogP contribution in [0, 0.1) is 5.82 Å². The van der Waals surface area contributed by atoms with Crippen LogP contribution in [0.25, 0.3) is 0 Å². The molecule has 1 aromatic carbocycles. The average molecular weight is 168 g/mol. The topological polar surface area (TPSA) is 57.5 Å². The fourth-order valence-corrected chi connectivity index (χ4v) is 0.853. The monoisotopic (exact) mass is 168 g/mol. The van der Waals surface area contributed by atoms with Crippen molar-refractivity contribution in [1.82, 2.24) is 0 Å². The average Bonchev–Trinajstić information content (AvgIpc) is 2.03. The number of carbonyl (C=O) groups is 1. The molecule has 2 N–H and O–H groups in total. The third-order valence-corrected chi connectivity index (χ3v) is 1.38. The Kier molecular flexibility index (Phi) is 2.57. The van der Waals surface area contributed by atoms with E-state index in [-0.39, 0.29) is 11.0 Å². The first-order valence-electron chi connectivity index (χ1n) is 3.25. The second-order valence-corrected chi connectivity index (χ2v) is 2.31. The van der Waals surface area contributed by atoms with E-state index in [1.165, 1.54) is 6.07 Å². The van der Waals surface area contributed by atoms with Gasteiger partial charge in [0.2, 0.25) is 0 Å². The molecule has 12 heavy (non-hydrogen) atoms. The lowest BCUT2D eigenvalue weighted by Gasteiger charge is -1.99. The smallest absolute Gasteiger partial charge is 0.423 e. The van der Waals surface area contributed by atoms with Gasteiger partial charge in [-0.15, -0.1) is 0 Å². The van der Waals surface area contributed by atoms with Crippen LogP contribution in [0.4, 0.5) is 4.39 Å². The van der Waals surface area contributed by atoms with Crippen molar-refractivity contribution in [3.8, 4) is 0 Å². The van der Waals surface area contributed by atoms with Crippen molar-refractivity contribution in [3.63, 3.8) is 0 Å². The number of hydrogen-bond acceptors (Lipinski definition) is 3. The summed E-state index contributed by atoms with van der Waals surface area (Å²) in [6, 6.07) is 3.18. The molecule has 0 aliphatic rings. The lowest BCUT2D eigenvalue weighted by molar-refractivity contribution is 0.112. The van der Waals surface area contributed by atoms with Gasteiger partial charge in [0.1, 0.15) is 12.1 Å². The van der Waals surface area contributed by atoms with Crippen LogP contribution in [-0.4, -0.2) is 23.5 Å². The van der Waals surface area contributed by atoms with Crippen LogP contribution >= 0.6 is 0 Å². The molecule has 0 amide bonds. The maximum Gasteiger partial charge on any atom is 0.488 e. The molecule has 0 radical (unpaired) electrons. The third kappa shape index (κ3) is 1.90. The maximum absolute atomic E-state index is 12.6. The van der Waals surface area contributed by atoms with Crippen molar-refractivity contribution in [2.75, 3.05) is 0 Å². The molecule has 0 saturated carbocycles. The standard InChI is InChI=1S/C7H6BFO3/c9-7-2-5(4-10)1-6(3-7)8(11)12/h1-4,11-12H. The van der Waals surface area contributed by atoms with E-state index in [4.69, 9.17) is 10.0 Å².